The van der Waals surface area contributed by atoms with Gasteiger partial charge in [0.2, 0.25) is 0 Å². The Morgan fingerprint density at radius 3 is 2.64 bits per heavy atom. The zero-order valence-corrected chi connectivity index (χ0v) is 12.2. The molecule has 5 nitrogen and oxygen atoms in total. The molecular weight excluding hydrogens is 276 g/mol. The number of hydrogen-bond acceptors (Lipinski definition) is 4. The van der Waals surface area contributed by atoms with Crippen LogP contribution in [0.5, 0.6) is 5.75 Å². The highest BCUT2D eigenvalue weighted by atomic mass is 16.3. The van der Waals surface area contributed by atoms with Crippen molar-refractivity contribution < 1.29 is 5.11 Å². The van der Waals surface area contributed by atoms with Crippen LogP contribution in [0, 0.1) is 0 Å². The van der Waals surface area contributed by atoms with Crippen molar-refractivity contribution in [3.8, 4) is 11.4 Å². The average Bonchev–Trinajstić information content (AvgIpc) is 2.96. The van der Waals surface area contributed by atoms with E-state index in [1.165, 1.54) is 0 Å². The molecule has 22 heavy (non-hydrogen) atoms. The second kappa shape index (κ2) is 5.42. The standard InChI is InChI=1S/C17H18N4O/c22-14-5-3-13(4-6-14)21-16(12-7-10-18-11-8-12)20-15-2-1-9-19-17(15)21/h1-6,9,12,18,22H,7-8,10-11H2. The molecule has 0 saturated carbocycles. The quantitative estimate of drug-likeness (QED) is 0.762. The summed E-state index contributed by atoms with van der Waals surface area (Å²) in [6, 6.07) is 11.2. The number of aromatic hydroxyl groups is 1. The molecule has 5 heteroatoms. The van der Waals surface area contributed by atoms with E-state index in [-0.39, 0.29) is 5.75 Å². The van der Waals surface area contributed by atoms with Crippen LogP contribution in [-0.2, 0) is 0 Å². The predicted octanol–water partition coefficient (Wildman–Crippen LogP) is 2.59. The Morgan fingerprint density at radius 1 is 1.09 bits per heavy atom. The van der Waals surface area contributed by atoms with Gasteiger partial charge in [-0.2, -0.15) is 0 Å². The Balaban J connectivity index is 1.91. The summed E-state index contributed by atoms with van der Waals surface area (Å²) in [6.07, 6.45) is 3.97. The number of piperidine rings is 1. The molecule has 0 amide bonds. The van der Waals surface area contributed by atoms with E-state index >= 15 is 0 Å². The maximum atomic E-state index is 9.54. The Morgan fingerprint density at radius 2 is 1.86 bits per heavy atom. The molecule has 0 spiro atoms. The number of benzene rings is 1. The van der Waals surface area contributed by atoms with E-state index in [0.29, 0.717) is 5.92 Å². The van der Waals surface area contributed by atoms with E-state index in [4.69, 9.17) is 4.98 Å². The molecule has 2 aromatic heterocycles. The van der Waals surface area contributed by atoms with E-state index in [9.17, 15) is 5.11 Å². The minimum Gasteiger partial charge on any atom is -0.508 e. The summed E-state index contributed by atoms with van der Waals surface area (Å²) in [5.74, 6) is 1.77. The van der Waals surface area contributed by atoms with Gasteiger partial charge in [0.25, 0.3) is 0 Å². The van der Waals surface area contributed by atoms with Crippen LogP contribution in [0.3, 0.4) is 0 Å². The Labute approximate surface area is 128 Å². The number of fused-ring (bicyclic) bond motifs is 1. The minimum atomic E-state index is 0.268. The molecule has 0 bridgehead atoms. The molecule has 3 aromatic rings. The zero-order chi connectivity index (χ0) is 14.9. The van der Waals surface area contributed by atoms with Crippen molar-refractivity contribution in [2.24, 2.45) is 0 Å². The normalized spacial score (nSPS) is 16.2. The molecule has 0 unspecified atom stereocenters. The summed E-state index contributed by atoms with van der Waals surface area (Å²) in [4.78, 5) is 9.36. The fraction of sp³-hybridized carbons (Fsp3) is 0.294. The Hall–Kier alpha value is -2.40. The first-order chi connectivity index (χ1) is 10.8. The maximum absolute atomic E-state index is 9.54. The molecule has 2 N–H and O–H groups in total. The van der Waals surface area contributed by atoms with Gasteiger partial charge in [0.05, 0.1) is 0 Å². The first-order valence-corrected chi connectivity index (χ1v) is 7.66. The number of rotatable bonds is 2. The summed E-state index contributed by atoms with van der Waals surface area (Å²) in [7, 11) is 0. The second-order valence-corrected chi connectivity index (χ2v) is 5.69. The van der Waals surface area contributed by atoms with E-state index in [0.717, 1.165) is 48.6 Å². The topological polar surface area (TPSA) is 63.0 Å². The van der Waals surface area contributed by atoms with E-state index in [2.05, 4.69) is 14.9 Å². The lowest BCUT2D eigenvalue weighted by Crippen LogP contribution is -2.28. The minimum absolute atomic E-state index is 0.268. The summed E-state index contributed by atoms with van der Waals surface area (Å²) < 4.78 is 2.13. The van der Waals surface area contributed by atoms with Gasteiger partial charge in [-0.15, -0.1) is 0 Å². The predicted molar refractivity (Wildman–Crippen MR) is 85.4 cm³/mol. The van der Waals surface area contributed by atoms with Crippen molar-refractivity contribution in [2.75, 3.05) is 13.1 Å². The highest BCUT2D eigenvalue weighted by Gasteiger charge is 2.23. The van der Waals surface area contributed by atoms with Gasteiger partial charge in [-0.1, -0.05) is 0 Å². The fourth-order valence-electron chi connectivity index (χ4n) is 3.14. The van der Waals surface area contributed by atoms with Gasteiger partial charge in [0.1, 0.15) is 17.1 Å². The average molecular weight is 294 g/mol. The third-order valence-electron chi connectivity index (χ3n) is 4.25. The third kappa shape index (κ3) is 2.23. The molecule has 1 aliphatic rings. The van der Waals surface area contributed by atoms with Crippen molar-refractivity contribution in [2.45, 2.75) is 18.8 Å². The number of phenols is 1. The first-order valence-electron chi connectivity index (χ1n) is 7.66. The van der Waals surface area contributed by atoms with Crippen LogP contribution >= 0.6 is 0 Å². The zero-order valence-electron chi connectivity index (χ0n) is 12.2. The van der Waals surface area contributed by atoms with Crippen molar-refractivity contribution >= 4 is 11.2 Å². The lowest BCUT2D eigenvalue weighted by atomic mass is 9.97. The van der Waals surface area contributed by atoms with Gasteiger partial charge in [-0.05, 0) is 62.3 Å². The highest BCUT2D eigenvalue weighted by Crippen LogP contribution is 2.30. The third-order valence-corrected chi connectivity index (χ3v) is 4.25. The number of aromatic nitrogens is 3. The van der Waals surface area contributed by atoms with Crippen molar-refractivity contribution in [1.82, 2.24) is 19.9 Å². The summed E-state index contributed by atoms with van der Waals surface area (Å²) in [5.41, 5.74) is 2.79. The van der Waals surface area contributed by atoms with Crippen molar-refractivity contribution in [3.05, 3.63) is 48.4 Å². The Bertz CT molecular complexity index is 788. The number of hydrogen-bond donors (Lipinski definition) is 2. The van der Waals surface area contributed by atoms with E-state index < -0.39 is 0 Å². The molecule has 1 fully saturated rings. The Kier molecular flexibility index (Phi) is 3.27. The fourth-order valence-corrected chi connectivity index (χ4v) is 3.14. The van der Waals surface area contributed by atoms with Crippen LogP contribution in [0.4, 0.5) is 0 Å². The lowest BCUT2D eigenvalue weighted by molar-refractivity contribution is 0.442. The van der Waals surface area contributed by atoms with Gasteiger partial charge < -0.3 is 10.4 Å². The van der Waals surface area contributed by atoms with E-state index in [1.54, 1.807) is 18.3 Å². The smallest absolute Gasteiger partial charge is 0.164 e. The molecule has 0 atom stereocenters. The molecule has 1 aliphatic heterocycles. The van der Waals surface area contributed by atoms with Crippen LogP contribution in [-0.4, -0.2) is 32.7 Å². The molecule has 1 saturated heterocycles. The summed E-state index contributed by atoms with van der Waals surface area (Å²) >= 11 is 0. The number of nitrogens with one attached hydrogen (secondary N) is 1. The number of phenolic OH excluding ortho intramolecular Hbond substituents is 1. The largest absolute Gasteiger partial charge is 0.508 e. The first kappa shape index (κ1) is 13.3. The van der Waals surface area contributed by atoms with Crippen LogP contribution in [0.15, 0.2) is 42.6 Å². The van der Waals surface area contributed by atoms with Crippen LogP contribution in [0.1, 0.15) is 24.6 Å². The molecule has 112 valence electrons. The van der Waals surface area contributed by atoms with Crippen LogP contribution < -0.4 is 5.32 Å². The van der Waals surface area contributed by atoms with Crippen LogP contribution in [0.25, 0.3) is 16.9 Å². The maximum Gasteiger partial charge on any atom is 0.164 e. The molecule has 1 aromatic carbocycles. The van der Waals surface area contributed by atoms with E-state index in [1.807, 2.05) is 24.3 Å². The number of nitrogens with zero attached hydrogens (tertiary/aromatic N) is 3. The van der Waals surface area contributed by atoms with Gasteiger partial charge in [0, 0.05) is 17.8 Å². The van der Waals surface area contributed by atoms with Crippen LogP contribution in [0.2, 0.25) is 0 Å². The molecule has 0 aliphatic carbocycles. The van der Waals surface area contributed by atoms with Gasteiger partial charge in [0.15, 0.2) is 5.65 Å². The molecule has 3 heterocycles. The summed E-state index contributed by atoms with van der Waals surface area (Å²) in [6.45, 7) is 2.05. The highest BCUT2D eigenvalue weighted by molar-refractivity contribution is 5.74. The SMILES string of the molecule is Oc1ccc(-n2c(C3CCNCC3)nc3cccnc32)cc1. The number of pyridine rings is 1. The molecule has 0 radical (unpaired) electrons. The second-order valence-electron chi connectivity index (χ2n) is 5.69. The van der Waals surface area contributed by atoms with Gasteiger partial charge in [-0.25, -0.2) is 9.97 Å². The molecule has 4 rings (SSSR count). The van der Waals surface area contributed by atoms with Gasteiger partial charge in [-0.3, -0.25) is 4.57 Å². The monoisotopic (exact) mass is 294 g/mol. The number of imidazole rings is 1. The van der Waals surface area contributed by atoms with Gasteiger partial charge >= 0.3 is 0 Å². The van der Waals surface area contributed by atoms with Crippen molar-refractivity contribution in [1.29, 1.82) is 0 Å². The summed E-state index contributed by atoms with van der Waals surface area (Å²) in [5, 5.41) is 12.9. The van der Waals surface area contributed by atoms with Crippen molar-refractivity contribution in [3.63, 3.8) is 0 Å². The lowest BCUT2D eigenvalue weighted by Gasteiger charge is -2.23. The molecular formula is C17H18N4O.